The highest BCUT2D eigenvalue weighted by Gasteiger charge is 2.37. The van der Waals surface area contributed by atoms with E-state index in [1.165, 1.54) is 19.2 Å². The van der Waals surface area contributed by atoms with E-state index in [2.05, 4.69) is 5.16 Å². The van der Waals surface area contributed by atoms with Gasteiger partial charge >= 0.3 is 6.18 Å². The zero-order chi connectivity index (χ0) is 15.0. The summed E-state index contributed by atoms with van der Waals surface area (Å²) in [4.78, 5) is 0. The minimum atomic E-state index is -4.43. The number of rotatable bonds is 4. The summed E-state index contributed by atoms with van der Waals surface area (Å²) in [6.45, 7) is 0.191. The van der Waals surface area contributed by atoms with Crippen molar-refractivity contribution in [3.05, 3.63) is 41.2 Å². The summed E-state index contributed by atoms with van der Waals surface area (Å²) in [5.74, 6) is 0.915. The molecule has 0 bridgehead atoms. The average molecular weight is 297 g/mol. The lowest BCUT2D eigenvalue weighted by atomic mass is 9.99. The maximum atomic E-state index is 13.1. The molecule has 6 heteroatoms. The van der Waals surface area contributed by atoms with Crippen molar-refractivity contribution in [3.63, 3.8) is 0 Å². The summed E-state index contributed by atoms with van der Waals surface area (Å²) >= 11 is 0. The van der Waals surface area contributed by atoms with Crippen LogP contribution < -0.4 is 0 Å². The Balaban J connectivity index is 2.13. The molecule has 0 atom stereocenters. The lowest BCUT2D eigenvalue weighted by Gasteiger charge is -2.11. The second kappa shape index (κ2) is 5.18. The SMILES string of the molecule is COCc1c(-c2ccccc2C(F)(F)F)noc1C1CC1. The molecule has 1 aromatic carbocycles. The predicted octanol–water partition coefficient (Wildman–Crippen LogP) is 4.38. The van der Waals surface area contributed by atoms with E-state index < -0.39 is 11.7 Å². The van der Waals surface area contributed by atoms with E-state index in [0.717, 1.165) is 18.9 Å². The highest BCUT2D eigenvalue weighted by Crippen LogP contribution is 2.45. The highest BCUT2D eigenvalue weighted by molar-refractivity contribution is 5.68. The number of hydrogen-bond acceptors (Lipinski definition) is 3. The van der Waals surface area contributed by atoms with Crippen LogP contribution in [0.3, 0.4) is 0 Å². The van der Waals surface area contributed by atoms with E-state index in [9.17, 15) is 13.2 Å². The molecule has 0 spiro atoms. The first-order valence-corrected chi connectivity index (χ1v) is 6.66. The molecule has 0 unspecified atom stereocenters. The van der Waals surface area contributed by atoms with Crippen LogP contribution in [-0.4, -0.2) is 12.3 Å². The maximum Gasteiger partial charge on any atom is 0.417 e. The van der Waals surface area contributed by atoms with Crippen LogP contribution in [0.5, 0.6) is 0 Å². The van der Waals surface area contributed by atoms with Crippen molar-refractivity contribution in [2.24, 2.45) is 0 Å². The largest absolute Gasteiger partial charge is 0.417 e. The van der Waals surface area contributed by atoms with Crippen molar-refractivity contribution < 1.29 is 22.4 Å². The molecule has 1 saturated carbocycles. The van der Waals surface area contributed by atoms with Crippen molar-refractivity contribution in [3.8, 4) is 11.3 Å². The molecule has 0 saturated heterocycles. The molecule has 0 amide bonds. The van der Waals surface area contributed by atoms with E-state index in [1.807, 2.05) is 0 Å². The zero-order valence-corrected chi connectivity index (χ0v) is 11.4. The van der Waals surface area contributed by atoms with Crippen molar-refractivity contribution in [2.45, 2.75) is 31.5 Å². The van der Waals surface area contributed by atoms with E-state index in [1.54, 1.807) is 6.07 Å². The number of ether oxygens (including phenoxy) is 1. The number of benzene rings is 1. The Hall–Kier alpha value is -1.82. The summed E-state index contributed by atoms with van der Waals surface area (Å²) in [6, 6.07) is 5.39. The van der Waals surface area contributed by atoms with Crippen LogP contribution in [0.25, 0.3) is 11.3 Å². The lowest BCUT2D eigenvalue weighted by Crippen LogP contribution is -2.07. The second-order valence-electron chi connectivity index (χ2n) is 5.12. The Kier molecular flexibility index (Phi) is 3.49. The van der Waals surface area contributed by atoms with Gasteiger partial charge in [-0.25, -0.2) is 0 Å². The number of methoxy groups -OCH3 is 1. The Morgan fingerprint density at radius 3 is 2.62 bits per heavy atom. The number of aromatic nitrogens is 1. The minimum absolute atomic E-state index is 0.0349. The molecule has 0 radical (unpaired) electrons. The fourth-order valence-corrected chi connectivity index (χ4v) is 2.42. The Morgan fingerprint density at radius 1 is 1.29 bits per heavy atom. The molecule has 1 fully saturated rings. The number of halogens is 3. The van der Waals surface area contributed by atoms with Gasteiger partial charge in [-0.15, -0.1) is 0 Å². The van der Waals surface area contributed by atoms with Gasteiger partial charge in [0.2, 0.25) is 0 Å². The van der Waals surface area contributed by atoms with Crippen LogP contribution in [0.2, 0.25) is 0 Å². The summed E-state index contributed by atoms with van der Waals surface area (Å²) in [5, 5.41) is 3.89. The molecule has 0 aliphatic heterocycles. The van der Waals surface area contributed by atoms with E-state index >= 15 is 0 Å². The van der Waals surface area contributed by atoms with Gasteiger partial charge in [-0.2, -0.15) is 13.2 Å². The van der Waals surface area contributed by atoms with Gasteiger partial charge in [-0.1, -0.05) is 23.4 Å². The molecule has 1 aliphatic rings. The molecule has 1 aliphatic carbocycles. The number of alkyl halides is 3. The topological polar surface area (TPSA) is 35.3 Å². The molecule has 112 valence electrons. The molecule has 3 nitrogen and oxygen atoms in total. The number of nitrogens with zero attached hydrogens (tertiary/aromatic N) is 1. The van der Waals surface area contributed by atoms with E-state index in [0.29, 0.717) is 11.3 Å². The normalized spacial score (nSPS) is 15.4. The Labute approximate surface area is 119 Å². The summed E-state index contributed by atoms with van der Waals surface area (Å²) < 4.78 is 49.8. The molecular formula is C15H14F3NO2. The fourth-order valence-electron chi connectivity index (χ4n) is 2.42. The first-order chi connectivity index (χ1) is 10.0. The van der Waals surface area contributed by atoms with Gasteiger partial charge in [0.1, 0.15) is 11.5 Å². The second-order valence-corrected chi connectivity index (χ2v) is 5.12. The van der Waals surface area contributed by atoms with E-state index in [4.69, 9.17) is 9.26 Å². The molecule has 3 rings (SSSR count). The van der Waals surface area contributed by atoms with Gasteiger partial charge in [0, 0.05) is 24.2 Å². The average Bonchev–Trinajstić information content (AvgIpc) is 3.20. The quantitative estimate of drug-likeness (QED) is 0.840. The van der Waals surface area contributed by atoms with Crippen molar-refractivity contribution in [2.75, 3.05) is 7.11 Å². The van der Waals surface area contributed by atoms with Gasteiger partial charge in [0.15, 0.2) is 0 Å². The molecule has 21 heavy (non-hydrogen) atoms. The van der Waals surface area contributed by atoms with Crippen LogP contribution >= 0.6 is 0 Å². The fraction of sp³-hybridized carbons (Fsp3) is 0.400. The van der Waals surface area contributed by atoms with E-state index in [-0.39, 0.29) is 23.8 Å². The van der Waals surface area contributed by atoms with Gasteiger partial charge in [0.25, 0.3) is 0 Å². The minimum Gasteiger partial charge on any atom is -0.380 e. The van der Waals surface area contributed by atoms with Gasteiger partial charge in [-0.3, -0.25) is 0 Å². The van der Waals surface area contributed by atoms with Crippen LogP contribution in [0.15, 0.2) is 28.8 Å². The van der Waals surface area contributed by atoms with Crippen LogP contribution in [0.1, 0.15) is 35.6 Å². The highest BCUT2D eigenvalue weighted by atomic mass is 19.4. The van der Waals surface area contributed by atoms with Crippen molar-refractivity contribution >= 4 is 0 Å². The maximum absolute atomic E-state index is 13.1. The van der Waals surface area contributed by atoms with Gasteiger partial charge < -0.3 is 9.26 Å². The molecular weight excluding hydrogens is 283 g/mol. The Morgan fingerprint density at radius 2 is 2.00 bits per heavy atom. The van der Waals surface area contributed by atoms with Crippen LogP contribution in [-0.2, 0) is 17.5 Å². The number of hydrogen-bond donors (Lipinski definition) is 0. The van der Waals surface area contributed by atoms with Crippen molar-refractivity contribution in [1.82, 2.24) is 5.16 Å². The third kappa shape index (κ3) is 2.68. The Bertz CT molecular complexity index is 645. The third-order valence-corrected chi connectivity index (χ3v) is 3.54. The zero-order valence-electron chi connectivity index (χ0n) is 11.4. The molecule has 0 N–H and O–H groups in total. The summed E-state index contributed by atoms with van der Waals surface area (Å²) in [6.07, 6.45) is -2.47. The monoisotopic (exact) mass is 297 g/mol. The van der Waals surface area contributed by atoms with Crippen LogP contribution in [0.4, 0.5) is 13.2 Å². The summed E-state index contributed by atoms with van der Waals surface area (Å²) in [7, 11) is 1.50. The lowest BCUT2D eigenvalue weighted by molar-refractivity contribution is -0.137. The first kappa shape index (κ1) is 14.1. The smallest absolute Gasteiger partial charge is 0.380 e. The standard InChI is InChI=1S/C15H14F3NO2/c1-20-8-11-13(19-21-14(11)9-6-7-9)10-4-2-3-5-12(10)15(16,17)18/h2-5,9H,6-8H2,1H3. The van der Waals surface area contributed by atoms with Gasteiger partial charge in [0.05, 0.1) is 12.2 Å². The summed E-state index contributed by atoms with van der Waals surface area (Å²) in [5.41, 5.74) is 0.175. The predicted molar refractivity (Wildman–Crippen MR) is 69.6 cm³/mol. The molecule has 1 heterocycles. The van der Waals surface area contributed by atoms with Crippen LogP contribution in [0, 0.1) is 0 Å². The first-order valence-electron chi connectivity index (χ1n) is 6.66. The molecule has 1 aromatic heterocycles. The van der Waals surface area contributed by atoms with Crippen molar-refractivity contribution in [1.29, 1.82) is 0 Å². The third-order valence-electron chi connectivity index (χ3n) is 3.54. The molecule has 2 aromatic rings. The van der Waals surface area contributed by atoms with Gasteiger partial charge in [-0.05, 0) is 18.9 Å².